The van der Waals surface area contributed by atoms with Gasteiger partial charge >= 0.3 is 0 Å². The Kier molecular flexibility index (Phi) is 3.24. The lowest BCUT2D eigenvalue weighted by Crippen LogP contribution is -2.16. The van der Waals surface area contributed by atoms with E-state index in [1.807, 2.05) is 12.1 Å². The normalized spacial score (nSPS) is 14.7. The number of thiophene rings is 1. The molecule has 1 aliphatic carbocycles. The average molecular weight is 297 g/mol. The largest absolute Gasteiger partial charge is 0.310 e. The summed E-state index contributed by atoms with van der Waals surface area (Å²) >= 11 is 1.74. The van der Waals surface area contributed by atoms with Crippen molar-refractivity contribution in [3.05, 3.63) is 59.2 Å². The summed E-state index contributed by atoms with van der Waals surface area (Å²) in [5.41, 5.74) is 3.04. The molecule has 106 valence electrons. The summed E-state index contributed by atoms with van der Waals surface area (Å²) in [6, 6.07) is 14.5. The van der Waals surface area contributed by atoms with E-state index in [9.17, 15) is 4.39 Å². The molecule has 0 unspecified atom stereocenters. The van der Waals surface area contributed by atoms with Crippen LogP contribution in [0.25, 0.3) is 21.2 Å². The van der Waals surface area contributed by atoms with Gasteiger partial charge < -0.3 is 5.32 Å². The molecule has 1 aromatic heterocycles. The molecule has 1 fully saturated rings. The second-order valence-electron chi connectivity index (χ2n) is 5.61. The lowest BCUT2D eigenvalue weighted by Gasteiger charge is -2.09. The van der Waals surface area contributed by atoms with Gasteiger partial charge in [-0.25, -0.2) is 4.39 Å². The Balaban J connectivity index is 1.73. The maximum Gasteiger partial charge on any atom is 0.127 e. The topological polar surface area (TPSA) is 12.0 Å². The summed E-state index contributed by atoms with van der Waals surface area (Å²) in [5.74, 6) is -0.120. The lowest BCUT2D eigenvalue weighted by atomic mass is 10.0. The van der Waals surface area contributed by atoms with Crippen LogP contribution in [0.3, 0.4) is 0 Å². The van der Waals surface area contributed by atoms with Crippen LogP contribution in [-0.4, -0.2) is 6.04 Å². The number of nitrogens with one attached hydrogen (secondary N) is 1. The number of hydrogen-bond donors (Lipinski definition) is 1. The van der Waals surface area contributed by atoms with E-state index in [1.165, 1.54) is 28.5 Å². The molecule has 21 heavy (non-hydrogen) atoms. The third-order valence-electron chi connectivity index (χ3n) is 3.99. The summed E-state index contributed by atoms with van der Waals surface area (Å²) in [6.45, 7) is 0.616. The van der Waals surface area contributed by atoms with Crippen LogP contribution < -0.4 is 5.32 Å². The first-order valence-corrected chi connectivity index (χ1v) is 8.17. The highest BCUT2D eigenvalue weighted by molar-refractivity contribution is 7.17. The minimum Gasteiger partial charge on any atom is -0.310 e. The van der Waals surface area contributed by atoms with E-state index in [2.05, 4.69) is 35.0 Å². The molecule has 0 spiro atoms. The fraction of sp³-hybridized carbons (Fsp3) is 0.222. The highest BCUT2D eigenvalue weighted by atomic mass is 32.1. The van der Waals surface area contributed by atoms with Gasteiger partial charge in [-0.1, -0.05) is 24.3 Å². The first kappa shape index (κ1) is 13.0. The summed E-state index contributed by atoms with van der Waals surface area (Å²) in [6.07, 6.45) is 2.44. The van der Waals surface area contributed by atoms with Gasteiger partial charge in [-0.3, -0.25) is 0 Å². The van der Waals surface area contributed by atoms with Crippen LogP contribution in [0.2, 0.25) is 0 Å². The fourth-order valence-corrected chi connectivity index (χ4v) is 3.58. The summed E-state index contributed by atoms with van der Waals surface area (Å²) < 4.78 is 15.2. The van der Waals surface area contributed by atoms with Gasteiger partial charge in [0.2, 0.25) is 0 Å². The smallest absolute Gasteiger partial charge is 0.127 e. The van der Waals surface area contributed by atoms with E-state index in [1.54, 1.807) is 17.4 Å². The van der Waals surface area contributed by atoms with Crippen molar-refractivity contribution >= 4 is 21.4 Å². The minimum atomic E-state index is -0.120. The molecule has 0 aliphatic heterocycles. The van der Waals surface area contributed by atoms with Crippen LogP contribution >= 0.6 is 11.3 Å². The number of halogens is 1. The van der Waals surface area contributed by atoms with Gasteiger partial charge in [0.05, 0.1) is 0 Å². The molecule has 0 atom stereocenters. The van der Waals surface area contributed by atoms with E-state index < -0.39 is 0 Å². The van der Waals surface area contributed by atoms with Crippen LogP contribution in [0, 0.1) is 5.82 Å². The van der Waals surface area contributed by atoms with Crippen LogP contribution in [0.15, 0.2) is 47.8 Å². The zero-order valence-electron chi connectivity index (χ0n) is 11.6. The Morgan fingerprint density at radius 1 is 1.14 bits per heavy atom. The van der Waals surface area contributed by atoms with Crippen LogP contribution in [0.1, 0.15) is 18.4 Å². The summed E-state index contributed by atoms with van der Waals surface area (Å²) in [5, 5.41) is 6.74. The van der Waals surface area contributed by atoms with E-state index in [4.69, 9.17) is 0 Å². The van der Waals surface area contributed by atoms with Crippen LogP contribution in [-0.2, 0) is 6.54 Å². The maximum atomic E-state index is 14.0. The average Bonchev–Trinajstić information content (AvgIpc) is 3.21. The SMILES string of the molecule is Fc1ccc(-c2cccc3ccsc23)cc1CNC1CC1. The molecule has 1 N–H and O–H groups in total. The van der Waals surface area contributed by atoms with Crippen molar-refractivity contribution in [1.29, 1.82) is 0 Å². The van der Waals surface area contributed by atoms with Crippen LogP contribution in [0.5, 0.6) is 0 Å². The molecule has 0 radical (unpaired) electrons. The second kappa shape index (κ2) is 5.24. The first-order chi connectivity index (χ1) is 10.3. The van der Waals surface area contributed by atoms with Gasteiger partial charge in [-0.15, -0.1) is 11.3 Å². The molecule has 0 amide bonds. The summed E-state index contributed by atoms with van der Waals surface area (Å²) in [4.78, 5) is 0. The predicted molar refractivity (Wildman–Crippen MR) is 87.1 cm³/mol. The van der Waals surface area contributed by atoms with Gasteiger partial charge in [-0.05, 0) is 52.9 Å². The molecule has 1 nitrogen and oxygen atoms in total. The quantitative estimate of drug-likeness (QED) is 0.717. The zero-order chi connectivity index (χ0) is 14.2. The van der Waals surface area contributed by atoms with Gasteiger partial charge in [-0.2, -0.15) is 0 Å². The molecule has 4 rings (SSSR count). The van der Waals surface area contributed by atoms with E-state index in [0.717, 1.165) is 11.1 Å². The molecular weight excluding hydrogens is 281 g/mol. The van der Waals surface area contributed by atoms with E-state index >= 15 is 0 Å². The molecule has 3 aromatic rings. The minimum absolute atomic E-state index is 0.120. The Hall–Kier alpha value is -1.71. The summed E-state index contributed by atoms with van der Waals surface area (Å²) in [7, 11) is 0. The van der Waals surface area contributed by atoms with Crippen molar-refractivity contribution in [3.8, 4) is 11.1 Å². The zero-order valence-corrected chi connectivity index (χ0v) is 12.4. The van der Waals surface area contributed by atoms with Crippen molar-refractivity contribution in [2.45, 2.75) is 25.4 Å². The van der Waals surface area contributed by atoms with Crippen LogP contribution in [0.4, 0.5) is 4.39 Å². The Morgan fingerprint density at radius 2 is 2.05 bits per heavy atom. The molecule has 2 aromatic carbocycles. The fourth-order valence-electron chi connectivity index (χ4n) is 2.64. The van der Waals surface area contributed by atoms with Gasteiger partial charge in [0, 0.05) is 22.8 Å². The van der Waals surface area contributed by atoms with Crippen molar-refractivity contribution in [1.82, 2.24) is 5.32 Å². The van der Waals surface area contributed by atoms with Crippen molar-refractivity contribution in [2.24, 2.45) is 0 Å². The molecule has 1 heterocycles. The molecule has 1 aliphatic rings. The van der Waals surface area contributed by atoms with Gasteiger partial charge in [0.15, 0.2) is 0 Å². The number of fused-ring (bicyclic) bond motifs is 1. The Labute approximate surface area is 127 Å². The molecule has 0 saturated heterocycles. The highest BCUT2D eigenvalue weighted by Gasteiger charge is 2.20. The third kappa shape index (κ3) is 2.59. The first-order valence-electron chi connectivity index (χ1n) is 7.30. The Morgan fingerprint density at radius 3 is 2.90 bits per heavy atom. The lowest BCUT2D eigenvalue weighted by molar-refractivity contribution is 0.587. The van der Waals surface area contributed by atoms with E-state index in [-0.39, 0.29) is 5.82 Å². The predicted octanol–water partition coefficient (Wildman–Crippen LogP) is 4.96. The third-order valence-corrected chi connectivity index (χ3v) is 4.96. The molecule has 3 heteroatoms. The van der Waals surface area contributed by atoms with Crippen molar-refractivity contribution < 1.29 is 4.39 Å². The van der Waals surface area contributed by atoms with Gasteiger partial charge in [0.1, 0.15) is 5.82 Å². The molecular formula is C18H16FNS. The van der Waals surface area contributed by atoms with Crippen molar-refractivity contribution in [3.63, 3.8) is 0 Å². The number of benzene rings is 2. The highest BCUT2D eigenvalue weighted by Crippen LogP contribution is 2.33. The number of hydrogen-bond acceptors (Lipinski definition) is 2. The molecule has 1 saturated carbocycles. The van der Waals surface area contributed by atoms with Crippen molar-refractivity contribution in [2.75, 3.05) is 0 Å². The van der Waals surface area contributed by atoms with E-state index in [0.29, 0.717) is 12.6 Å². The maximum absolute atomic E-state index is 14.0. The standard InChI is InChI=1S/C18H16FNS/c19-17-7-4-13(10-14(17)11-20-15-5-6-15)16-3-1-2-12-8-9-21-18(12)16/h1-4,7-10,15,20H,5-6,11H2. The number of rotatable bonds is 4. The Bertz CT molecular complexity index is 789. The van der Waals surface area contributed by atoms with Gasteiger partial charge in [0.25, 0.3) is 0 Å². The molecule has 0 bridgehead atoms. The monoisotopic (exact) mass is 297 g/mol. The second-order valence-corrected chi connectivity index (χ2v) is 6.52.